The van der Waals surface area contributed by atoms with E-state index in [9.17, 15) is 0 Å². The van der Waals surface area contributed by atoms with Gasteiger partial charge in [0.15, 0.2) is 0 Å². The normalized spacial score (nSPS) is 0. The maximum absolute atomic E-state index is 0. The molecule has 0 unspecified atom stereocenters. The van der Waals surface area contributed by atoms with Crippen molar-refractivity contribution in [1.82, 2.24) is 0 Å². The van der Waals surface area contributed by atoms with Crippen LogP contribution in [0.15, 0.2) is 0 Å². The Morgan fingerprint density at radius 2 is 0.600 bits per heavy atom. The Hall–Kier alpha value is 4.22. The van der Waals surface area contributed by atoms with Crippen LogP contribution in [-0.4, -0.2) is 110 Å². The molecule has 0 spiro atoms. The second-order valence-corrected chi connectivity index (χ2v) is 0. The maximum atomic E-state index is 0. The van der Waals surface area contributed by atoms with Crippen LogP contribution in [0.25, 0.3) is 0 Å². The van der Waals surface area contributed by atoms with Crippen molar-refractivity contribution < 1.29 is 0 Å². The van der Waals surface area contributed by atoms with Crippen LogP contribution in [0.2, 0.25) is 0 Å². The molecule has 0 aromatic carbocycles. The van der Waals surface area contributed by atoms with E-state index in [0.29, 0.717) is 0 Å². The molecule has 0 aromatic heterocycles. The van der Waals surface area contributed by atoms with Crippen LogP contribution in [-0.2, 0) is 0 Å². The number of halogens is 2. The van der Waals surface area contributed by atoms with E-state index in [-0.39, 0.29) is 135 Å². The summed E-state index contributed by atoms with van der Waals surface area (Å²) in [6.45, 7) is 0. The summed E-state index contributed by atoms with van der Waals surface area (Å²) in [7, 11) is 0. The van der Waals surface area contributed by atoms with Crippen LogP contribution in [0, 0.1) is 0 Å². The third-order valence-corrected chi connectivity index (χ3v) is 0. The predicted molar refractivity (Wildman–Crippen MR) is 35.9 cm³/mol. The van der Waals surface area contributed by atoms with Gasteiger partial charge in [-0.3, -0.25) is 0 Å². The summed E-state index contributed by atoms with van der Waals surface area (Å²) in [5.41, 5.74) is 0. The molecule has 0 heterocycles. The second kappa shape index (κ2) is 24.1. The SMILES string of the molecule is Cl.Cl.[KH].[NaH].[NaH]. The van der Waals surface area contributed by atoms with Crippen molar-refractivity contribution in [1.29, 1.82) is 0 Å². The zero-order valence-corrected chi connectivity index (χ0v) is 2.45. The van der Waals surface area contributed by atoms with Crippen LogP contribution < -0.4 is 0 Å². The van der Waals surface area contributed by atoms with E-state index >= 15 is 0 Å². The van der Waals surface area contributed by atoms with E-state index in [1.165, 1.54) is 0 Å². The van der Waals surface area contributed by atoms with Gasteiger partial charge in [0, 0.05) is 0 Å². The summed E-state index contributed by atoms with van der Waals surface area (Å²) in [6.07, 6.45) is 0. The molecular weight excluding hydrogens is 156 g/mol. The average Bonchev–Trinajstić information content (AvgIpc) is 0. The molecule has 0 N–H and O–H groups in total. The van der Waals surface area contributed by atoms with Crippen molar-refractivity contribution in [3.05, 3.63) is 0 Å². The van der Waals surface area contributed by atoms with Crippen LogP contribution in [0.3, 0.4) is 0 Å². The fraction of sp³-hybridized carbons (Fsp3) is 0. The molecule has 0 fully saturated rings. The van der Waals surface area contributed by atoms with Gasteiger partial charge in [-0.05, 0) is 0 Å². The van der Waals surface area contributed by atoms with Crippen LogP contribution >= 0.6 is 24.8 Å². The molecule has 0 amide bonds. The molecular formula is H5Cl2KNa2. The third kappa shape index (κ3) is 17.9. The summed E-state index contributed by atoms with van der Waals surface area (Å²) in [6, 6.07) is 0. The van der Waals surface area contributed by atoms with Gasteiger partial charge in [0.05, 0.1) is 0 Å². The molecule has 0 rings (SSSR count). The van der Waals surface area contributed by atoms with Gasteiger partial charge in [-0.15, -0.1) is 24.8 Å². The minimum atomic E-state index is 0. The molecule has 5 heteroatoms. The summed E-state index contributed by atoms with van der Waals surface area (Å²) in [4.78, 5) is 0. The third-order valence-electron chi connectivity index (χ3n) is 0. The van der Waals surface area contributed by atoms with Crippen molar-refractivity contribution >= 4 is 135 Å². The van der Waals surface area contributed by atoms with Gasteiger partial charge >= 0.3 is 110 Å². The summed E-state index contributed by atoms with van der Waals surface area (Å²) in [5, 5.41) is 0. The van der Waals surface area contributed by atoms with E-state index in [2.05, 4.69) is 0 Å². The van der Waals surface area contributed by atoms with E-state index in [1.807, 2.05) is 0 Å². The van der Waals surface area contributed by atoms with Gasteiger partial charge in [0.1, 0.15) is 0 Å². The topological polar surface area (TPSA) is 0 Å². The van der Waals surface area contributed by atoms with Crippen LogP contribution in [0.5, 0.6) is 0 Å². The molecule has 0 bridgehead atoms. The van der Waals surface area contributed by atoms with Gasteiger partial charge in [-0.25, -0.2) is 0 Å². The molecule has 0 aliphatic rings. The molecule has 0 saturated heterocycles. The molecule has 0 saturated carbocycles. The molecule has 22 valence electrons. The Balaban J connectivity index is 0. The van der Waals surface area contributed by atoms with Gasteiger partial charge < -0.3 is 0 Å². The van der Waals surface area contributed by atoms with Crippen molar-refractivity contribution in [2.24, 2.45) is 0 Å². The van der Waals surface area contributed by atoms with Gasteiger partial charge in [0.25, 0.3) is 0 Å². The number of rotatable bonds is 0. The summed E-state index contributed by atoms with van der Waals surface area (Å²) < 4.78 is 0. The number of hydrogen-bond acceptors (Lipinski definition) is 0. The molecule has 0 radical (unpaired) electrons. The van der Waals surface area contributed by atoms with E-state index in [1.54, 1.807) is 0 Å². The zero-order valence-electron chi connectivity index (χ0n) is 0.816. The first-order chi connectivity index (χ1) is 0. The Morgan fingerprint density at radius 1 is 0.600 bits per heavy atom. The minimum absolute atomic E-state index is 0. The summed E-state index contributed by atoms with van der Waals surface area (Å²) in [5.74, 6) is 0. The zero-order chi connectivity index (χ0) is 0. The fourth-order valence-corrected chi connectivity index (χ4v) is 0. The Labute approximate surface area is 131 Å². The van der Waals surface area contributed by atoms with Gasteiger partial charge in [-0.1, -0.05) is 0 Å². The van der Waals surface area contributed by atoms with Crippen molar-refractivity contribution in [3.63, 3.8) is 0 Å². The van der Waals surface area contributed by atoms with Crippen molar-refractivity contribution in [3.8, 4) is 0 Å². The predicted octanol–water partition coefficient (Wildman–Crippen LogP) is -1.10. The molecule has 0 aromatic rings. The van der Waals surface area contributed by atoms with E-state index in [0.717, 1.165) is 0 Å². The number of hydrogen-bond donors (Lipinski definition) is 0. The van der Waals surface area contributed by atoms with Crippen LogP contribution in [0.1, 0.15) is 0 Å². The molecule has 5 heavy (non-hydrogen) atoms. The van der Waals surface area contributed by atoms with Gasteiger partial charge in [-0.2, -0.15) is 0 Å². The molecule has 0 atom stereocenters. The summed E-state index contributed by atoms with van der Waals surface area (Å²) >= 11 is 0. The molecule has 0 aliphatic carbocycles. The molecule has 0 nitrogen and oxygen atoms in total. The Kier molecular flexibility index (Phi) is 168. The first kappa shape index (κ1) is 35.0. The monoisotopic (exact) mass is 160 g/mol. The first-order valence-corrected chi connectivity index (χ1v) is 0. The van der Waals surface area contributed by atoms with E-state index < -0.39 is 0 Å². The van der Waals surface area contributed by atoms with E-state index in [4.69, 9.17) is 0 Å². The van der Waals surface area contributed by atoms with Crippen molar-refractivity contribution in [2.75, 3.05) is 0 Å². The van der Waals surface area contributed by atoms with Crippen molar-refractivity contribution in [2.45, 2.75) is 0 Å². The fourth-order valence-electron chi connectivity index (χ4n) is 0. The standard InChI is InChI=1S/2ClH.K.2Na.3H/h2*1H;;;;;;. The first-order valence-electron chi connectivity index (χ1n) is 0. The Morgan fingerprint density at radius 3 is 0.600 bits per heavy atom. The Bertz CT molecular complexity index is 7.61. The quantitative estimate of drug-likeness (QED) is 0.395. The average molecular weight is 161 g/mol. The second-order valence-electron chi connectivity index (χ2n) is 0. The van der Waals surface area contributed by atoms with Gasteiger partial charge in [0.2, 0.25) is 0 Å². The molecule has 0 aliphatic heterocycles. The van der Waals surface area contributed by atoms with Crippen LogP contribution in [0.4, 0.5) is 0 Å².